The van der Waals surface area contributed by atoms with Crippen LogP contribution in [0.2, 0.25) is 0 Å². The Balaban J connectivity index is 1.45. The summed E-state index contributed by atoms with van der Waals surface area (Å²) in [7, 11) is 0. The van der Waals surface area contributed by atoms with Crippen LogP contribution in [0.4, 0.5) is 5.69 Å². The number of anilines is 1. The fourth-order valence-electron chi connectivity index (χ4n) is 4.33. The molecule has 2 aliphatic heterocycles. The number of benzene rings is 1. The molecule has 0 amide bonds. The first kappa shape index (κ1) is 21.0. The molecule has 0 aliphatic carbocycles. The fourth-order valence-corrected chi connectivity index (χ4v) is 4.33. The lowest BCUT2D eigenvalue weighted by molar-refractivity contribution is 0.188. The van der Waals surface area contributed by atoms with Crippen molar-refractivity contribution in [3.8, 4) is 0 Å². The van der Waals surface area contributed by atoms with Crippen molar-refractivity contribution in [3.63, 3.8) is 0 Å². The van der Waals surface area contributed by atoms with Crippen molar-refractivity contribution in [3.05, 3.63) is 29.8 Å². The minimum absolute atomic E-state index is 0.465. The van der Waals surface area contributed by atoms with E-state index >= 15 is 0 Å². The number of aryl methyl sites for hydroxylation is 1. The second-order valence-corrected chi connectivity index (χ2v) is 8.34. The molecule has 1 atom stereocenters. The first-order valence-corrected chi connectivity index (χ1v) is 11.3. The highest BCUT2D eigenvalue weighted by atomic mass is 15.2. The molecule has 5 nitrogen and oxygen atoms in total. The number of hydrogen-bond acceptors (Lipinski definition) is 3. The third-order valence-electron chi connectivity index (χ3n) is 6.23. The van der Waals surface area contributed by atoms with E-state index < -0.39 is 0 Å². The number of hydrogen-bond donors (Lipinski definition) is 2. The number of nitrogens with zero attached hydrogens (tertiary/aromatic N) is 3. The maximum absolute atomic E-state index is 4.88. The maximum atomic E-state index is 4.88. The van der Waals surface area contributed by atoms with Gasteiger partial charge in [0.05, 0.1) is 0 Å². The van der Waals surface area contributed by atoms with Gasteiger partial charge < -0.3 is 20.4 Å². The first-order chi connectivity index (χ1) is 13.7. The van der Waals surface area contributed by atoms with Gasteiger partial charge >= 0.3 is 0 Å². The van der Waals surface area contributed by atoms with Crippen LogP contribution < -0.4 is 15.5 Å². The highest BCUT2D eigenvalue weighted by molar-refractivity contribution is 5.80. The molecule has 0 saturated carbocycles. The molecule has 0 radical (unpaired) electrons. The Hall–Kier alpha value is -1.75. The first-order valence-electron chi connectivity index (χ1n) is 11.3. The fraction of sp³-hybridized carbons (Fsp3) is 0.696. The molecule has 1 unspecified atom stereocenters. The van der Waals surface area contributed by atoms with Crippen LogP contribution in [0.25, 0.3) is 0 Å². The quantitative estimate of drug-likeness (QED) is 0.559. The van der Waals surface area contributed by atoms with Crippen LogP contribution in [-0.2, 0) is 0 Å². The lowest BCUT2D eigenvalue weighted by Crippen LogP contribution is -2.44. The molecule has 1 aromatic carbocycles. The van der Waals surface area contributed by atoms with Crippen molar-refractivity contribution < 1.29 is 0 Å². The number of aliphatic imine (C=N–C) groups is 1. The summed E-state index contributed by atoms with van der Waals surface area (Å²) >= 11 is 0. The molecular weight excluding hydrogens is 346 g/mol. The average molecular weight is 386 g/mol. The van der Waals surface area contributed by atoms with Crippen LogP contribution in [0.15, 0.2) is 29.3 Å². The number of rotatable bonds is 7. The standard InChI is InChI=1S/C23H39N5/c1-4-24-23(25-14-10-20-11-15-27(5-2)16-12-20)26-21-13-17-28(18-21)22-8-6-19(3)7-9-22/h6-9,20-21H,4-5,10-18H2,1-3H3,(H2,24,25,26). The zero-order valence-corrected chi connectivity index (χ0v) is 18.1. The van der Waals surface area contributed by atoms with E-state index in [2.05, 4.69) is 65.5 Å². The zero-order valence-electron chi connectivity index (χ0n) is 18.1. The van der Waals surface area contributed by atoms with Crippen molar-refractivity contribution in [1.29, 1.82) is 0 Å². The summed E-state index contributed by atoms with van der Waals surface area (Å²) in [5.74, 6) is 1.84. The van der Waals surface area contributed by atoms with Gasteiger partial charge in [0.1, 0.15) is 0 Å². The van der Waals surface area contributed by atoms with E-state index in [0.29, 0.717) is 6.04 Å². The van der Waals surface area contributed by atoms with Gasteiger partial charge in [-0.2, -0.15) is 0 Å². The van der Waals surface area contributed by atoms with Crippen LogP contribution >= 0.6 is 0 Å². The molecule has 156 valence electrons. The smallest absolute Gasteiger partial charge is 0.191 e. The topological polar surface area (TPSA) is 42.9 Å². The van der Waals surface area contributed by atoms with Gasteiger partial charge in [-0.15, -0.1) is 0 Å². The van der Waals surface area contributed by atoms with Crippen LogP contribution in [-0.4, -0.2) is 62.7 Å². The Bertz CT molecular complexity index is 604. The van der Waals surface area contributed by atoms with Gasteiger partial charge in [0.2, 0.25) is 0 Å². The predicted octanol–water partition coefficient (Wildman–Crippen LogP) is 3.25. The summed E-state index contributed by atoms with van der Waals surface area (Å²) in [6, 6.07) is 9.34. The van der Waals surface area contributed by atoms with Crippen LogP contribution in [0.3, 0.4) is 0 Å². The van der Waals surface area contributed by atoms with Gasteiger partial charge in [-0.1, -0.05) is 24.6 Å². The number of guanidine groups is 1. The molecule has 0 aromatic heterocycles. The summed E-state index contributed by atoms with van der Waals surface area (Å²) in [5, 5.41) is 7.11. The molecule has 2 saturated heterocycles. The Labute approximate surface area is 171 Å². The summed E-state index contributed by atoms with van der Waals surface area (Å²) in [4.78, 5) is 9.92. The van der Waals surface area contributed by atoms with Crippen molar-refractivity contribution in [1.82, 2.24) is 15.5 Å². The van der Waals surface area contributed by atoms with Crippen molar-refractivity contribution in [2.45, 2.75) is 52.5 Å². The van der Waals surface area contributed by atoms with Gasteiger partial charge in [0, 0.05) is 37.9 Å². The normalized spacial score (nSPS) is 21.9. The monoisotopic (exact) mass is 385 g/mol. The molecule has 2 N–H and O–H groups in total. The largest absolute Gasteiger partial charge is 0.369 e. The summed E-state index contributed by atoms with van der Waals surface area (Å²) in [6.07, 6.45) is 5.05. The third-order valence-corrected chi connectivity index (χ3v) is 6.23. The molecule has 5 heteroatoms. The second-order valence-electron chi connectivity index (χ2n) is 8.34. The molecule has 0 bridgehead atoms. The highest BCUT2D eigenvalue weighted by Crippen LogP contribution is 2.21. The van der Waals surface area contributed by atoms with E-state index in [1.807, 2.05) is 0 Å². The van der Waals surface area contributed by atoms with Gasteiger partial charge in [0.25, 0.3) is 0 Å². The Morgan fingerprint density at radius 2 is 1.82 bits per heavy atom. The van der Waals surface area contributed by atoms with E-state index in [1.165, 1.54) is 50.1 Å². The van der Waals surface area contributed by atoms with Gasteiger partial charge in [-0.3, -0.25) is 4.99 Å². The minimum atomic E-state index is 0.465. The van der Waals surface area contributed by atoms with Crippen molar-refractivity contribution >= 4 is 11.6 Å². The van der Waals surface area contributed by atoms with Crippen LogP contribution in [0, 0.1) is 12.8 Å². The number of piperidine rings is 1. The molecular formula is C23H39N5. The number of likely N-dealkylation sites (tertiary alicyclic amines) is 1. The van der Waals surface area contributed by atoms with Gasteiger partial charge in [-0.05, 0) is 77.2 Å². The third kappa shape index (κ3) is 6.13. The van der Waals surface area contributed by atoms with Crippen LogP contribution in [0.1, 0.15) is 45.1 Å². The summed E-state index contributed by atoms with van der Waals surface area (Å²) in [5.41, 5.74) is 2.65. The summed E-state index contributed by atoms with van der Waals surface area (Å²) < 4.78 is 0. The molecule has 3 rings (SSSR count). The lowest BCUT2D eigenvalue weighted by atomic mass is 9.94. The lowest BCUT2D eigenvalue weighted by Gasteiger charge is -2.30. The molecule has 2 heterocycles. The van der Waals surface area contributed by atoms with E-state index in [0.717, 1.165) is 44.5 Å². The van der Waals surface area contributed by atoms with E-state index in [1.54, 1.807) is 0 Å². The SMILES string of the molecule is CCNC(=NCCC1CCN(CC)CC1)NC1CCN(c2ccc(C)cc2)C1. The molecule has 2 fully saturated rings. The zero-order chi connectivity index (χ0) is 19.8. The molecule has 1 aromatic rings. The minimum Gasteiger partial charge on any atom is -0.369 e. The Morgan fingerprint density at radius 3 is 2.50 bits per heavy atom. The number of nitrogens with one attached hydrogen (secondary N) is 2. The second kappa shape index (κ2) is 10.7. The Kier molecular flexibility index (Phi) is 8.01. The average Bonchev–Trinajstić information content (AvgIpc) is 3.17. The van der Waals surface area contributed by atoms with E-state index in [-0.39, 0.29) is 0 Å². The predicted molar refractivity (Wildman–Crippen MR) is 120 cm³/mol. The van der Waals surface area contributed by atoms with Gasteiger partial charge in [0.15, 0.2) is 5.96 Å². The Morgan fingerprint density at radius 1 is 1.07 bits per heavy atom. The molecule has 0 spiro atoms. The van der Waals surface area contributed by atoms with Crippen LogP contribution in [0.5, 0.6) is 0 Å². The molecule has 2 aliphatic rings. The summed E-state index contributed by atoms with van der Waals surface area (Å²) in [6.45, 7) is 14.3. The van der Waals surface area contributed by atoms with Crippen molar-refractivity contribution in [2.24, 2.45) is 10.9 Å². The highest BCUT2D eigenvalue weighted by Gasteiger charge is 2.23. The van der Waals surface area contributed by atoms with E-state index in [4.69, 9.17) is 4.99 Å². The molecule has 28 heavy (non-hydrogen) atoms. The van der Waals surface area contributed by atoms with Gasteiger partial charge in [-0.25, -0.2) is 0 Å². The van der Waals surface area contributed by atoms with E-state index in [9.17, 15) is 0 Å². The van der Waals surface area contributed by atoms with Crippen molar-refractivity contribution in [2.75, 3.05) is 50.7 Å². The maximum Gasteiger partial charge on any atom is 0.191 e.